The lowest BCUT2D eigenvalue weighted by molar-refractivity contribution is -0.385. The van der Waals surface area contributed by atoms with Gasteiger partial charge in [-0.25, -0.2) is 4.98 Å². The molecule has 0 bridgehead atoms. The maximum absolute atomic E-state index is 10.7. The highest BCUT2D eigenvalue weighted by molar-refractivity contribution is 5.47. The van der Waals surface area contributed by atoms with Crippen LogP contribution in [0.5, 0.6) is 11.6 Å². The lowest BCUT2D eigenvalue weighted by atomic mass is 10.2. The molecule has 0 amide bonds. The van der Waals surface area contributed by atoms with Crippen LogP contribution in [0.2, 0.25) is 0 Å². The molecule has 106 valence electrons. The van der Waals surface area contributed by atoms with Gasteiger partial charge in [-0.05, 0) is 13.1 Å². The molecule has 1 aromatic heterocycles. The molecule has 1 heterocycles. The second kappa shape index (κ2) is 6.45. The lowest BCUT2D eigenvalue weighted by Gasteiger charge is -2.10. The maximum atomic E-state index is 10.7. The number of hydrogen-bond acceptors (Lipinski definition) is 6. The van der Waals surface area contributed by atoms with Crippen LogP contribution in [0, 0.1) is 21.4 Å². The molecule has 0 fully saturated rings. The summed E-state index contributed by atoms with van der Waals surface area (Å²) in [6.45, 7) is 0.588. The average molecular weight is 284 g/mol. The minimum absolute atomic E-state index is 0.0171. The first-order valence-electron chi connectivity index (χ1n) is 6.10. The molecule has 0 aliphatic carbocycles. The van der Waals surface area contributed by atoms with Crippen LogP contribution in [0.3, 0.4) is 0 Å². The number of ether oxygens (including phenoxy) is 1. The number of aromatic nitrogens is 1. The normalized spacial score (nSPS) is 9.90. The Labute approximate surface area is 121 Å². The molecule has 0 radical (unpaired) electrons. The number of nitrogens with zero attached hydrogens (tertiary/aromatic N) is 3. The molecule has 2 aromatic rings. The van der Waals surface area contributed by atoms with Crippen molar-refractivity contribution in [3.05, 3.63) is 57.8 Å². The quantitative estimate of drug-likeness (QED) is 0.668. The number of nitriles is 1. The van der Waals surface area contributed by atoms with Crippen LogP contribution in [0.15, 0.2) is 36.5 Å². The second-order valence-corrected chi connectivity index (χ2v) is 4.16. The highest BCUT2D eigenvalue weighted by atomic mass is 16.6. The van der Waals surface area contributed by atoms with E-state index in [9.17, 15) is 10.1 Å². The van der Waals surface area contributed by atoms with Gasteiger partial charge in [-0.15, -0.1) is 0 Å². The molecule has 0 saturated carbocycles. The van der Waals surface area contributed by atoms with Crippen molar-refractivity contribution in [2.45, 2.75) is 6.54 Å². The largest absolute Gasteiger partial charge is 0.437 e. The van der Waals surface area contributed by atoms with Crippen LogP contribution < -0.4 is 10.1 Å². The second-order valence-electron chi connectivity index (χ2n) is 4.16. The highest BCUT2D eigenvalue weighted by Crippen LogP contribution is 2.27. The van der Waals surface area contributed by atoms with E-state index in [0.717, 1.165) is 17.8 Å². The maximum Gasteiger partial charge on any atom is 0.289 e. The Kier molecular flexibility index (Phi) is 4.43. The first-order valence-corrected chi connectivity index (χ1v) is 6.10. The van der Waals surface area contributed by atoms with Gasteiger partial charge in [-0.2, -0.15) is 5.26 Å². The number of para-hydroxylation sites is 1. The zero-order valence-corrected chi connectivity index (χ0v) is 11.2. The molecule has 7 heteroatoms. The van der Waals surface area contributed by atoms with Gasteiger partial charge in [-0.1, -0.05) is 18.2 Å². The van der Waals surface area contributed by atoms with Gasteiger partial charge in [0.25, 0.3) is 5.69 Å². The topological polar surface area (TPSA) is 101 Å². The van der Waals surface area contributed by atoms with E-state index in [1.54, 1.807) is 12.1 Å². The molecule has 1 N–H and O–H groups in total. The summed E-state index contributed by atoms with van der Waals surface area (Å²) < 4.78 is 5.62. The van der Waals surface area contributed by atoms with E-state index in [4.69, 9.17) is 10.00 Å². The van der Waals surface area contributed by atoms with Gasteiger partial charge in [0.05, 0.1) is 4.92 Å². The Morgan fingerprint density at radius 3 is 2.90 bits per heavy atom. The summed E-state index contributed by atoms with van der Waals surface area (Å²) >= 11 is 0. The van der Waals surface area contributed by atoms with Gasteiger partial charge >= 0.3 is 0 Å². The molecule has 0 aliphatic rings. The van der Waals surface area contributed by atoms with Crippen LogP contribution in [-0.2, 0) is 6.54 Å². The van der Waals surface area contributed by atoms with E-state index in [1.165, 1.54) is 0 Å². The summed E-state index contributed by atoms with van der Waals surface area (Å²) in [5, 5.41) is 22.8. The van der Waals surface area contributed by atoms with Crippen molar-refractivity contribution in [1.29, 1.82) is 5.26 Å². The highest BCUT2D eigenvalue weighted by Gasteiger charge is 2.14. The van der Waals surface area contributed by atoms with E-state index in [2.05, 4.69) is 10.3 Å². The summed E-state index contributed by atoms with van der Waals surface area (Å²) in [6, 6.07) is 10.3. The van der Waals surface area contributed by atoms with Crippen LogP contribution in [0.25, 0.3) is 0 Å². The number of rotatable bonds is 5. The number of nitrogens with one attached hydrogen (secondary N) is 1. The van der Waals surface area contributed by atoms with Gasteiger partial charge in [0, 0.05) is 18.2 Å². The molecule has 2 rings (SSSR count). The van der Waals surface area contributed by atoms with Gasteiger partial charge in [-0.3, -0.25) is 10.1 Å². The Morgan fingerprint density at radius 1 is 1.48 bits per heavy atom. The summed E-state index contributed by atoms with van der Waals surface area (Å²) in [5.41, 5.74) is 0.662. The predicted octanol–water partition coefficient (Wildman–Crippen LogP) is 2.37. The van der Waals surface area contributed by atoms with Crippen molar-refractivity contribution >= 4 is 5.69 Å². The fourth-order valence-electron chi connectivity index (χ4n) is 1.75. The zero-order chi connectivity index (χ0) is 15.2. The number of pyridine rings is 1. The van der Waals surface area contributed by atoms with E-state index >= 15 is 0 Å². The summed E-state index contributed by atoms with van der Waals surface area (Å²) in [7, 11) is 1.81. The van der Waals surface area contributed by atoms with Crippen LogP contribution in [0.4, 0.5) is 5.69 Å². The molecule has 7 nitrogen and oxygen atoms in total. The fourth-order valence-corrected chi connectivity index (χ4v) is 1.75. The van der Waals surface area contributed by atoms with Crippen molar-refractivity contribution in [3.63, 3.8) is 0 Å². The summed E-state index contributed by atoms with van der Waals surface area (Å²) in [5.74, 6) is 0.594. The van der Waals surface area contributed by atoms with Crippen LogP contribution in [0.1, 0.15) is 11.1 Å². The van der Waals surface area contributed by atoms with Gasteiger partial charge < -0.3 is 10.1 Å². The Bertz CT molecular complexity index is 710. The standard InChI is InChI=1S/C14H12N4O3/c1-16-8-10-4-2-3-5-13(10)21-14-11(7-15)6-12(9-17-14)18(19)20/h2-6,9,16H,8H2,1H3. The first-order chi connectivity index (χ1) is 10.2. The monoisotopic (exact) mass is 284 g/mol. The molecular formula is C14H12N4O3. The fraction of sp³-hybridized carbons (Fsp3) is 0.143. The van der Waals surface area contributed by atoms with Crippen LogP contribution in [-0.4, -0.2) is 17.0 Å². The molecule has 21 heavy (non-hydrogen) atoms. The molecule has 0 spiro atoms. The smallest absolute Gasteiger partial charge is 0.289 e. The van der Waals surface area contributed by atoms with Crippen molar-refractivity contribution in [2.75, 3.05) is 7.05 Å². The SMILES string of the molecule is CNCc1ccccc1Oc1ncc([N+](=O)[O-])cc1C#N. The zero-order valence-electron chi connectivity index (χ0n) is 11.2. The predicted molar refractivity (Wildman–Crippen MR) is 74.9 cm³/mol. The van der Waals surface area contributed by atoms with Gasteiger partial charge in [0.15, 0.2) is 0 Å². The van der Waals surface area contributed by atoms with Crippen molar-refractivity contribution in [3.8, 4) is 17.7 Å². The Balaban J connectivity index is 2.36. The van der Waals surface area contributed by atoms with E-state index in [0.29, 0.717) is 12.3 Å². The number of benzene rings is 1. The molecule has 0 atom stereocenters. The first kappa shape index (κ1) is 14.4. The molecule has 0 unspecified atom stereocenters. The molecule has 0 aliphatic heterocycles. The van der Waals surface area contributed by atoms with Crippen LogP contribution >= 0.6 is 0 Å². The molecule has 1 aromatic carbocycles. The van der Waals surface area contributed by atoms with Crippen molar-refractivity contribution in [1.82, 2.24) is 10.3 Å². The third-order valence-corrected chi connectivity index (χ3v) is 2.71. The summed E-state index contributed by atoms with van der Waals surface area (Å²) in [4.78, 5) is 13.9. The van der Waals surface area contributed by atoms with Crippen molar-refractivity contribution < 1.29 is 9.66 Å². The Hall–Kier alpha value is -2.98. The minimum atomic E-state index is -0.605. The third-order valence-electron chi connectivity index (χ3n) is 2.71. The average Bonchev–Trinajstić information content (AvgIpc) is 2.49. The van der Waals surface area contributed by atoms with Gasteiger partial charge in [0.2, 0.25) is 5.88 Å². The van der Waals surface area contributed by atoms with Crippen molar-refractivity contribution in [2.24, 2.45) is 0 Å². The van der Waals surface area contributed by atoms with Gasteiger partial charge in [0.1, 0.15) is 23.6 Å². The minimum Gasteiger partial charge on any atom is -0.437 e. The molecule has 0 saturated heterocycles. The van der Waals surface area contributed by atoms with E-state index in [1.807, 2.05) is 25.2 Å². The number of nitro groups is 1. The molecular weight excluding hydrogens is 272 g/mol. The van der Waals surface area contributed by atoms with E-state index < -0.39 is 4.92 Å². The third kappa shape index (κ3) is 3.32. The Morgan fingerprint density at radius 2 is 2.24 bits per heavy atom. The summed E-state index contributed by atoms with van der Waals surface area (Å²) in [6.07, 6.45) is 1.07. The lowest BCUT2D eigenvalue weighted by Crippen LogP contribution is -2.06. The van der Waals surface area contributed by atoms with E-state index in [-0.39, 0.29) is 17.1 Å². The number of hydrogen-bond donors (Lipinski definition) is 1.